The van der Waals surface area contributed by atoms with Crippen LogP contribution in [0.5, 0.6) is 0 Å². The molecule has 0 aromatic carbocycles. The van der Waals surface area contributed by atoms with Crippen molar-refractivity contribution >= 4 is 11.8 Å². The van der Waals surface area contributed by atoms with Crippen molar-refractivity contribution in [2.24, 2.45) is 0 Å². The normalized spacial score (nSPS) is 13.2. The molecule has 0 saturated heterocycles. The summed E-state index contributed by atoms with van der Waals surface area (Å²) >= 11 is 0. The van der Waals surface area contributed by atoms with Crippen LogP contribution >= 0.6 is 0 Å². The van der Waals surface area contributed by atoms with Gasteiger partial charge in [0, 0.05) is 0 Å². The first-order valence-electron chi connectivity index (χ1n) is 4.49. The molecule has 0 N–H and O–H groups in total. The van der Waals surface area contributed by atoms with Crippen LogP contribution < -0.4 is 0 Å². The molecule has 0 bridgehead atoms. The van der Waals surface area contributed by atoms with Gasteiger partial charge < -0.3 is 9.47 Å². The third-order valence-corrected chi connectivity index (χ3v) is 1.66. The Kier molecular flexibility index (Phi) is 5.25. The third kappa shape index (κ3) is 3.41. The average molecular weight is 276 g/mol. The first-order valence-corrected chi connectivity index (χ1v) is 4.49. The molecule has 4 nitrogen and oxygen atoms in total. The molecule has 0 amide bonds. The van der Waals surface area contributed by atoms with Gasteiger partial charge in [-0.3, -0.25) is 4.79 Å². The molecule has 0 radical (unpaired) electrons. The van der Waals surface area contributed by atoms with E-state index in [1.165, 1.54) is 6.92 Å². The fourth-order valence-electron chi connectivity index (χ4n) is 0.769. The highest BCUT2D eigenvalue weighted by Gasteiger charge is 2.64. The van der Waals surface area contributed by atoms with Gasteiger partial charge in [0.25, 0.3) is 5.78 Å². The Morgan fingerprint density at radius 1 is 1.17 bits per heavy atom. The third-order valence-electron chi connectivity index (χ3n) is 1.66. The lowest BCUT2D eigenvalue weighted by atomic mass is 10.1. The first-order chi connectivity index (χ1) is 8.09. The number of Topliss-reactive ketones (excluding diaryl/α,β-unsaturated/α-hetero) is 1. The number of methoxy groups -OCH3 is 1. The number of carbonyl (C=O) groups excluding carboxylic acids is 2. The molecule has 104 valence electrons. The van der Waals surface area contributed by atoms with Gasteiger partial charge >= 0.3 is 18.1 Å². The SMILES string of the molecule is CCOC=C(C(=O)OC)C(=O)C(F)(F)C(F)(F)F. The fourth-order valence-corrected chi connectivity index (χ4v) is 0.769. The molecular formula is C9H9F5O4. The van der Waals surface area contributed by atoms with E-state index in [-0.39, 0.29) is 12.9 Å². The first kappa shape index (κ1) is 16.3. The zero-order valence-corrected chi connectivity index (χ0v) is 9.31. The lowest BCUT2D eigenvalue weighted by Crippen LogP contribution is -2.46. The van der Waals surface area contributed by atoms with E-state index in [9.17, 15) is 31.5 Å². The van der Waals surface area contributed by atoms with E-state index in [4.69, 9.17) is 0 Å². The van der Waals surface area contributed by atoms with E-state index in [1.807, 2.05) is 0 Å². The molecule has 0 aromatic rings. The van der Waals surface area contributed by atoms with Crippen LogP contribution in [0, 0.1) is 0 Å². The maximum Gasteiger partial charge on any atom is 0.461 e. The summed E-state index contributed by atoms with van der Waals surface area (Å²) in [6, 6.07) is 0. The molecule has 0 aliphatic carbocycles. The van der Waals surface area contributed by atoms with Crippen molar-refractivity contribution in [2.45, 2.75) is 19.0 Å². The van der Waals surface area contributed by atoms with E-state index in [0.29, 0.717) is 0 Å². The summed E-state index contributed by atoms with van der Waals surface area (Å²) in [5.74, 6) is -10.1. The zero-order valence-electron chi connectivity index (χ0n) is 9.31. The van der Waals surface area contributed by atoms with Crippen molar-refractivity contribution in [1.29, 1.82) is 0 Å². The number of carbonyl (C=O) groups is 2. The van der Waals surface area contributed by atoms with Crippen molar-refractivity contribution < 1.29 is 41.0 Å². The fraction of sp³-hybridized carbons (Fsp3) is 0.556. The van der Waals surface area contributed by atoms with E-state index in [2.05, 4.69) is 9.47 Å². The van der Waals surface area contributed by atoms with Crippen LogP contribution in [0.1, 0.15) is 6.92 Å². The number of alkyl halides is 5. The molecule has 0 aromatic heterocycles. The van der Waals surface area contributed by atoms with Gasteiger partial charge in [-0.05, 0) is 6.92 Å². The van der Waals surface area contributed by atoms with E-state index in [1.54, 1.807) is 0 Å². The van der Waals surface area contributed by atoms with Crippen molar-refractivity contribution in [2.75, 3.05) is 13.7 Å². The maximum absolute atomic E-state index is 12.7. The molecule has 0 atom stereocenters. The highest BCUT2D eigenvalue weighted by molar-refractivity contribution is 6.19. The van der Waals surface area contributed by atoms with Crippen LogP contribution in [0.4, 0.5) is 22.0 Å². The minimum absolute atomic E-state index is 0.134. The second-order valence-corrected chi connectivity index (χ2v) is 2.88. The molecule has 9 heteroatoms. The molecule has 0 fully saturated rings. The van der Waals surface area contributed by atoms with Gasteiger partial charge in [-0.15, -0.1) is 0 Å². The van der Waals surface area contributed by atoms with Crippen LogP contribution in [0.3, 0.4) is 0 Å². The maximum atomic E-state index is 12.7. The summed E-state index contributed by atoms with van der Waals surface area (Å²) in [7, 11) is 0.723. The number of halogens is 5. The zero-order chi connectivity index (χ0) is 14.6. The summed E-state index contributed by atoms with van der Waals surface area (Å²) in [6.07, 6.45) is -5.89. The van der Waals surface area contributed by atoms with Gasteiger partial charge in [0.1, 0.15) is 11.8 Å². The monoisotopic (exact) mass is 276 g/mol. The van der Waals surface area contributed by atoms with Crippen LogP contribution in [0.2, 0.25) is 0 Å². The van der Waals surface area contributed by atoms with Crippen LogP contribution in [-0.4, -0.2) is 37.6 Å². The number of ether oxygens (including phenoxy) is 2. The van der Waals surface area contributed by atoms with Crippen molar-refractivity contribution in [3.63, 3.8) is 0 Å². The lowest BCUT2D eigenvalue weighted by Gasteiger charge is -2.18. The Labute approximate surface area is 98.3 Å². The molecule has 0 saturated carbocycles. The average Bonchev–Trinajstić information content (AvgIpc) is 2.27. The van der Waals surface area contributed by atoms with Gasteiger partial charge in [-0.25, -0.2) is 4.79 Å². The highest BCUT2D eigenvalue weighted by Crippen LogP contribution is 2.37. The van der Waals surface area contributed by atoms with Gasteiger partial charge in [-0.1, -0.05) is 0 Å². The molecule has 0 unspecified atom stereocenters. The smallest absolute Gasteiger partial charge is 0.461 e. The van der Waals surface area contributed by atoms with E-state index < -0.39 is 29.4 Å². The summed E-state index contributed by atoms with van der Waals surface area (Å²) in [5, 5.41) is 0. The van der Waals surface area contributed by atoms with E-state index in [0.717, 1.165) is 7.11 Å². The highest BCUT2D eigenvalue weighted by atomic mass is 19.4. The van der Waals surface area contributed by atoms with Crippen molar-refractivity contribution in [3.8, 4) is 0 Å². The molecular weight excluding hydrogens is 267 g/mol. The molecule has 0 spiro atoms. The molecule has 0 aliphatic rings. The predicted molar refractivity (Wildman–Crippen MR) is 47.7 cm³/mol. The predicted octanol–water partition coefficient (Wildman–Crippen LogP) is 1.85. The Morgan fingerprint density at radius 3 is 2.00 bits per heavy atom. The van der Waals surface area contributed by atoms with Crippen molar-refractivity contribution in [1.82, 2.24) is 0 Å². The topological polar surface area (TPSA) is 52.6 Å². The second kappa shape index (κ2) is 5.78. The number of esters is 1. The minimum atomic E-state index is -6.11. The van der Waals surface area contributed by atoms with Crippen molar-refractivity contribution in [3.05, 3.63) is 11.8 Å². The number of hydrogen-bond donors (Lipinski definition) is 0. The summed E-state index contributed by atoms with van der Waals surface area (Å²) < 4.78 is 69.6. The molecule has 0 heterocycles. The second-order valence-electron chi connectivity index (χ2n) is 2.88. The number of ketones is 1. The molecule has 18 heavy (non-hydrogen) atoms. The summed E-state index contributed by atoms with van der Waals surface area (Å²) in [4.78, 5) is 21.9. The number of hydrogen-bond acceptors (Lipinski definition) is 4. The summed E-state index contributed by atoms with van der Waals surface area (Å²) in [5.41, 5.74) is -1.51. The quantitative estimate of drug-likeness (QED) is 0.192. The van der Waals surface area contributed by atoms with Gasteiger partial charge in [0.05, 0.1) is 13.7 Å². The lowest BCUT2D eigenvalue weighted by molar-refractivity contribution is -0.266. The largest absolute Gasteiger partial charge is 0.500 e. The minimum Gasteiger partial charge on any atom is -0.500 e. The van der Waals surface area contributed by atoms with E-state index >= 15 is 0 Å². The Hall–Kier alpha value is -1.67. The molecule has 0 aliphatic heterocycles. The standard InChI is InChI=1S/C9H9F5O4/c1-3-18-4-5(7(16)17-2)6(15)8(10,11)9(12,13)14/h4H,3H2,1-2H3. The number of rotatable bonds is 5. The Morgan fingerprint density at radius 2 is 1.67 bits per heavy atom. The van der Waals surface area contributed by atoms with Crippen LogP contribution in [-0.2, 0) is 19.1 Å². The van der Waals surface area contributed by atoms with Gasteiger partial charge in [0.2, 0.25) is 0 Å². The molecule has 0 rings (SSSR count). The van der Waals surface area contributed by atoms with Crippen LogP contribution in [0.15, 0.2) is 11.8 Å². The Bertz CT molecular complexity index is 358. The summed E-state index contributed by atoms with van der Waals surface area (Å²) in [6.45, 7) is 1.24. The Balaban J connectivity index is 5.40. The van der Waals surface area contributed by atoms with Gasteiger partial charge in [0.15, 0.2) is 0 Å². The van der Waals surface area contributed by atoms with Gasteiger partial charge in [-0.2, -0.15) is 22.0 Å². The van der Waals surface area contributed by atoms with Crippen LogP contribution in [0.25, 0.3) is 0 Å².